The van der Waals surface area contributed by atoms with E-state index in [1.807, 2.05) is 0 Å². The zero-order valence-electron chi connectivity index (χ0n) is 14.8. The lowest BCUT2D eigenvalue weighted by atomic mass is 9.84. The van der Waals surface area contributed by atoms with Gasteiger partial charge in [0.25, 0.3) is 0 Å². The van der Waals surface area contributed by atoms with E-state index < -0.39 is 61.0 Å². The van der Waals surface area contributed by atoms with Gasteiger partial charge < -0.3 is 58.2 Å². The molecule has 10 atom stereocenters. The molecule has 1 saturated heterocycles. The van der Waals surface area contributed by atoms with Gasteiger partial charge in [0.05, 0.1) is 6.04 Å². The lowest BCUT2D eigenvalue weighted by molar-refractivity contribution is -0.289. The Morgan fingerprint density at radius 3 is 2.19 bits per heavy atom. The minimum atomic E-state index is -1.28. The molecule has 1 aliphatic heterocycles. The summed E-state index contributed by atoms with van der Waals surface area (Å²) in [4.78, 5) is 0. The zero-order chi connectivity index (χ0) is 19.4. The maximum Gasteiger partial charge on any atom is 0.176 e. The number of hydrogen-bond donors (Lipinski definition) is 8. The minimum Gasteiger partial charge on any atom is -0.388 e. The average Bonchev–Trinajstić information content (AvgIpc) is 2.61. The van der Waals surface area contributed by atoms with Crippen LogP contribution in [-0.2, 0) is 14.2 Å². The number of aliphatic hydroxyl groups is 3. The molecule has 1 saturated carbocycles. The maximum atomic E-state index is 10.7. The van der Waals surface area contributed by atoms with Crippen LogP contribution in [0.15, 0.2) is 0 Å². The predicted octanol–water partition coefficient (Wildman–Crippen LogP) is -4.74. The highest BCUT2D eigenvalue weighted by Gasteiger charge is 2.48. The van der Waals surface area contributed by atoms with E-state index in [0.717, 1.165) is 0 Å². The van der Waals surface area contributed by atoms with E-state index in [1.54, 1.807) is 0 Å². The molecule has 11 heteroatoms. The Labute approximate surface area is 152 Å². The summed E-state index contributed by atoms with van der Waals surface area (Å²) in [5.41, 5.74) is 29.0. The fourth-order valence-electron chi connectivity index (χ4n) is 3.41. The van der Waals surface area contributed by atoms with Crippen molar-refractivity contribution in [3.63, 3.8) is 0 Å². The van der Waals surface area contributed by atoms with Gasteiger partial charge in [-0.15, -0.1) is 0 Å². The van der Waals surface area contributed by atoms with Crippen molar-refractivity contribution in [1.29, 1.82) is 0 Å². The Morgan fingerprint density at radius 2 is 1.58 bits per heavy atom. The number of rotatable bonds is 7. The molecule has 2 aliphatic rings. The van der Waals surface area contributed by atoms with Crippen LogP contribution in [0.1, 0.15) is 12.8 Å². The van der Waals surface area contributed by atoms with Crippen LogP contribution in [0, 0.1) is 0 Å². The first-order valence-corrected chi connectivity index (χ1v) is 8.95. The van der Waals surface area contributed by atoms with Gasteiger partial charge in [0.1, 0.15) is 36.6 Å². The first kappa shape index (κ1) is 21.9. The third-order valence-electron chi connectivity index (χ3n) is 4.99. The van der Waals surface area contributed by atoms with Crippen LogP contribution in [-0.4, -0.2) is 96.1 Å². The van der Waals surface area contributed by atoms with E-state index in [2.05, 4.69) is 0 Å². The topological polar surface area (TPSA) is 218 Å². The lowest BCUT2D eigenvalue weighted by Crippen LogP contribution is -2.67. The molecule has 2 rings (SSSR count). The molecule has 26 heavy (non-hydrogen) atoms. The van der Waals surface area contributed by atoms with Crippen LogP contribution in [0.2, 0.25) is 0 Å². The van der Waals surface area contributed by atoms with Crippen molar-refractivity contribution in [3.05, 3.63) is 0 Å². The molecule has 1 heterocycles. The van der Waals surface area contributed by atoms with Gasteiger partial charge in [-0.1, -0.05) is 0 Å². The maximum absolute atomic E-state index is 10.7. The molecule has 0 radical (unpaired) electrons. The molecule has 0 amide bonds. The van der Waals surface area contributed by atoms with Gasteiger partial charge in [0.15, 0.2) is 6.29 Å². The molecule has 0 aromatic heterocycles. The SMILES string of the molecule is NCCCO[C@@H]1[C@@H](O)[C@H](O[C@H]2O[C@H](CN)[C@@H](O)[C@H](O)[C@H]2N)[C@@H](N)C[C@H]1N. The summed E-state index contributed by atoms with van der Waals surface area (Å²) in [5, 5.41) is 30.6. The molecule has 0 bridgehead atoms. The minimum absolute atomic E-state index is 0.0280. The summed E-state index contributed by atoms with van der Waals surface area (Å²) in [5.74, 6) is 0. The molecule has 13 N–H and O–H groups in total. The van der Waals surface area contributed by atoms with Gasteiger partial charge >= 0.3 is 0 Å². The van der Waals surface area contributed by atoms with Gasteiger partial charge in [0.2, 0.25) is 0 Å². The molecule has 2 fully saturated rings. The monoisotopic (exact) mass is 379 g/mol. The third kappa shape index (κ3) is 4.69. The van der Waals surface area contributed by atoms with Crippen LogP contribution in [0.4, 0.5) is 0 Å². The summed E-state index contributed by atoms with van der Waals surface area (Å²) >= 11 is 0. The third-order valence-corrected chi connectivity index (χ3v) is 4.99. The molecule has 154 valence electrons. The van der Waals surface area contributed by atoms with Crippen LogP contribution in [0.25, 0.3) is 0 Å². The normalized spacial score (nSPS) is 47.1. The Morgan fingerprint density at radius 1 is 0.923 bits per heavy atom. The Bertz CT molecular complexity index is 433. The predicted molar refractivity (Wildman–Crippen MR) is 92.6 cm³/mol. The van der Waals surface area contributed by atoms with Crippen molar-refractivity contribution in [2.75, 3.05) is 19.7 Å². The Balaban J connectivity index is 2.05. The summed E-state index contributed by atoms with van der Waals surface area (Å²) in [6, 6.07) is -2.06. The van der Waals surface area contributed by atoms with Gasteiger partial charge in [-0.05, 0) is 19.4 Å². The molecule has 0 aromatic carbocycles. The van der Waals surface area contributed by atoms with Crippen molar-refractivity contribution in [1.82, 2.24) is 0 Å². The summed E-state index contributed by atoms with van der Waals surface area (Å²) in [6.07, 6.45) is -6.09. The van der Waals surface area contributed by atoms with Crippen LogP contribution in [0.5, 0.6) is 0 Å². The fraction of sp³-hybridized carbons (Fsp3) is 1.00. The average molecular weight is 379 g/mol. The lowest BCUT2D eigenvalue weighted by Gasteiger charge is -2.46. The van der Waals surface area contributed by atoms with E-state index in [0.29, 0.717) is 26.0 Å². The summed E-state index contributed by atoms with van der Waals surface area (Å²) in [7, 11) is 0. The highest BCUT2D eigenvalue weighted by molar-refractivity contribution is 5.00. The summed E-state index contributed by atoms with van der Waals surface area (Å²) < 4.78 is 17.0. The standard InChI is InChI=1S/C15H33N5O6/c16-2-1-3-24-13-6(18)4-7(19)14(12(13)23)26-15-9(20)11(22)10(21)8(5-17)25-15/h6-15,21-23H,1-5,16-20H2/t6-,7+,8-,9-,10-,11-,12-,13+,14-,15-/m1/s1. The smallest absolute Gasteiger partial charge is 0.176 e. The molecule has 0 unspecified atom stereocenters. The fourth-order valence-corrected chi connectivity index (χ4v) is 3.41. The van der Waals surface area contributed by atoms with Crippen LogP contribution >= 0.6 is 0 Å². The van der Waals surface area contributed by atoms with Crippen molar-refractivity contribution in [2.45, 2.75) is 73.9 Å². The number of hydrogen-bond acceptors (Lipinski definition) is 11. The molecule has 11 nitrogen and oxygen atoms in total. The second-order valence-electron chi connectivity index (χ2n) is 6.97. The highest BCUT2D eigenvalue weighted by atomic mass is 16.7. The number of ether oxygens (including phenoxy) is 3. The van der Waals surface area contributed by atoms with Gasteiger partial charge in [-0.25, -0.2) is 0 Å². The second-order valence-corrected chi connectivity index (χ2v) is 6.97. The molecular weight excluding hydrogens is 346 g/mol. The van der Waals surface area contributed by atoms with Gasteiger partial charge in [0, 0.05) is 25.2 Å². The quantitative estimate of drug-likeness (QED) is 0.196. The Hall–Kier alpha value is -0.440. The molecule has 1 aliphatic carbocycles. The van der Waals surface area contributed by atoms with E-state index in [-0.39, 0.29) is 6.54 Å². The van der Waals surface area contributed by atoms with Crippen molar-refractivity contribution < 1.29 is 29.5 Å². The summed E-state index contributed by atoms with van der Waals surface area (Å²) in [6.45, 7) is 0.788. The van der Waals surface area contributed by atoms with Crippen molar-refractivity contribution in [3.8, 4) is 0 Å². The van der Waals surface area contributed by atoms with E-state index in [1.165, 1.54) is 0 Å². The van der Waals surface area contributed by atoms with Crippen LogP contribution in [0.3, 0.4) is 0 Å². The number of aliphatic hydroxyl groups excluding tert-OH is 3. The molecule has 0 aromatic rings. The largest absolute Gasteiger partial charge is 0.388 e. The van der Waals surface area contributed by atoms with E-state index in [4.69, 9.17) is 42.9 Å². The van der Waals surface area contributed by atoms with Gasteiger partial charge in [-0.3, -0.25) is 0 Å². The van der Waals surface area contributed by atoms with Crippen molar-refractivity contribution in [2.24, 2.45) is 28.7 Å². The van der Waals surface area contributed by atoms with E-state index >= 15 is 0 Å². The molecular formula is C15H33N5O6. The Kier molecular flexibility index (Phi) is 8.12. The first-order chi connectivity index (χ1) is 12.3. The van der Waals surface area contributed by atoms with E-state index in [9.17, 15) is 15.3 Å². The molecule has 0 spiro atoms. The highest BCUT2D eigenvalue weighted by Crippen LogP contribution is 2.28. The first-order valence-electron chi connectivity index (χ1n) is 8.95. The number of nitrogens with two attached hydrogens (primary N) is 5. The van der Waals surface area contributed by atoms with Crippen LogP contribution < -0.4 is 28.7 Å². The van der Waals surface area contributed by atoms with Crippen molar-refractivity contribution >= 4 is 0 Å². The zero-order valence-corrected chi connectivity index (χ0v) is 14.8. The second kappa shape index (κ2) is 9.66. The van der Waals surface area contributed by atoms with Gasteiger partial charge in [-0.2, -0.15) is 0 Å².